The minimum absolute atomic E-state index is 0.341. The van der Waals surface area contributed by atoms with Gasteiger partial charge in [0, 0.05) is 0 Å². The lowest BCUT2D eigenvalue weighted by molar-refractivity contribution is -0.155. The fraction of sp³-hybridized carbons (Fsp3) is 0.941. The molecule has 0 heterocycles. The maximum atomic E-state index is 11.0. The standard InChI is InChI=1S/C17H34O4/c1-2-3-4-5-6-7-8-9-10-11-12-13-14-21-17(20)16(19)15-18/h16,18-19H,2-15H2,1H3. The van der Waals surface area contributed by atoms with Gasteiger partial charge in [-0.05, 0) is 6.42 Å². The molecular weight excluding hydrogens is 268 g/mol. The Morgan fingerprint density at radius 1 is 0.857 bits per heavy atom. The van der Waals surface area contributed by atoms with Crippen LogP contribution in [-0.4, -0.2) is 35.5 Å². The van der Waals surface area contributed by atoms with Crippen molar-refractivity contribution in [2.75, 3.05) is 13.2 Å². The Bertz CT molecular complexity index is 231. The van der Waals surface area contributed by atoms with E-state index in [0.717, 1.165) is 12.8 Å². The van der Waals surface area contributed by atoms with Crippen molar-refractivity contribution in [1.82, 2.24) is 0 Å². The summed E-state index contributed by atoms with van der Waals surface area (Å²) in [6.07, 6.45) is 13.8. The molecule has 0 aromatic heterocycles. The summed E-state index contributed by atoms with van der Waals surface area (Å²) in [5.74, 6) is -0.722. The van der Waals surface area contributed by atoms with Crippen LogP contribution in [0.3, 0.4) is 0 Å². The van der Waals surface area contributed by atoms with E-state index >= 15 is 0 Å². The second-order valence-corrected chi connectivity index (χ2v) is 5.75. The Morgan fingerprint density at radius 3 is 1.71 bits per heavy atom. The summed E-state index contributed by atoms with van der Waals surface area (Å²) in [6.45, 7) is 2.01. The van der Waals surface area contributed by atoms with Gasteiger partial charge < -0.3 is 14.9 Å². The van der Waals surface area contributed by atoms with Crippen LogP contribution in [0.25, 0.3) is 0 Å². The molecule has 2 N–H and O–H groups in total. The van der Waals surface area contributed by atoms with Crippen LogP contribution in [0.4, 0.5) is 0 Å². The first kappa shape index (κ1) is 20.4. The van der Waals surface area contributed by atoms with Gasteiger partial charge >= 0.3 is 5.97 Å². The average molecular weight is 302 g/mol. The highest BCUT2D eigenvalue weighted by atomic mass is 16.5. The molecule has 0 bridgehead atoms. The highest BCUT2D eigenvalue weighted by Crippen LogP contribution is 2.11. The van der Waals surface area contributed by atoms with E-state index in [-0.39, 0.29) is 0 Å². The van der Waals surface area contributed by atoms with Crippen molar-refractivity contribution in [2.24, 2.45) is 0 Å². The second kappa shape index (κ2) is 15.8. The van der Waals surface area contributed by atoms with Crippen LogP contribution in [-0.2, 0) is 9.53 Å². The molecule has 0 aromatic carbocycles. The molecular formula is C17H34O4. The summed E-state index contributed by atoms with van der Waals surface area (Å²) in [6, 6.07) is 0. The molecule has 0 aromatic rings. The number of unbranched alkanes of at least 4 members (excludes halogenated alkanes) is 11. The van der Waals surface area contributed by atoms with Crippen molar-refractivity contribution in [3.8, 4) is 0 Å². The van der Waals surface area contributed by atoms with Crippen LogP contribution < -0.4 is 0 Å². The first-order valence-electron chi connectivity index (χ1n) is 8.68. The molecule has 0 aliphatic heterocycles. The summed E-state index contributed by atoms with van der Waals surface area (Å²) in [7, 11) is 0. The molecule has 4 nitrogen and oxygen atoms in total. The Balaban J connectivity index is 3.11. The molecule has 0 aliphatic carbocycles. The fourth-order valence-corrected chi connectivity index (χ4v) is 2.29. The van der Waals surface area contributed by atoms with Crippen LogP contribution in [0.1, 0.15) is 84.0 Å². The lowest BCUT2D eigenvalue weighted by Gasteiger charge is -2.07. The van der Waals surface area contributed by atoms with Gasteiger partial charge in [-0.3, -0.25) is 0 Å². The van der Waals surface area contributed by atoms with E-state index in [4.69, 9.17) is 14.9 Å². The number of ether oxygens (including phenoxy) is 1. The third-order valence-electron chi connectivity index (χ3n) is 3.69. The van der Waals surface area contributed by atoms with Crippen LogP contribution >= 0.6 is 0 Å². The minimum Gasteiger partial charge on any atom is -0.464 e. The monoisotopic (exact) mass is 302 g/mol. The minimum atomic E-state index is -1.39. The predicted molar refractivity (Wildman–Crippen MR) is 85.1 cm³/mol. The van der Waals surface area contributed by atoms with Crippen LogP contribution in [0.15, 0.2) is 0 Å². The summed E-state index contributed by atoms with van der Waals surface area (Å²) in [4.78, 5) is 11.0. The number of aliphatic hydroxyl groups excluding tert-OH is 2. The molecule has 0 saturated heterocycles. The van der Waals surface area contributed by atoms with Crippen molar-refractivity contribution < 1.29 is 19.7 Å². The van der Waals surface area contributed by atoms with E-state index in [1.807, 2.05) is 0 Å². The fourth-order valence-electron chi connectivity index (χ4n) is 2.29. The zero-order valence-electron chi connectivity index (χ0n) is 13.7. The van der Waals surface area contributed by atoms with Crippen molar-refractivity contribution in [1.29, 1.82) is 0 Å². The van der Waals surface area contributed by atoms with E-state index in [0.29, 0.717) is 6.61 Å². The molecule has 1 unspecified atom stereocenters. The number of carbonyl (C=O) groups is 1. The summed E-state index contributed by atoms with van der Waals surface area (Å²) in [5.41, 5.74) is 0. The van der Waals surface area contributed by atoms with Crippen molar-refractivity contribution in [2.45, 2.75) is 90.1 Å². The Kier molecular flexibility index (Phi) is 15.3. The van der Waals surface area contributed by atoms with Gasteiger partial charge in [-0.2, -0.15) is 0 Å². The van der Waals surface area contributed by atoms with E-state index < -0.39 is 18.7 Å². The van der Waals surface area contributed by atoms with Gasteiger partial charge in [0.05, 0.1) is 13.2 Å². The van der Waals surface area contributed by atoms with E-state index in [1.165, 1.54) is 64.2 Å². The molecule has 0 fully saturated rings. The van der Waals surface area contributed by atoms with Gasteiger partial charge in [-0.15, -0.1) is 0 Å². The van der Waals surface area contributed by atoms with Crippen molar-refractivity contribution in [3.63, 3.8) is 0 Å². The largest absolute Gasteiger partial charge is 0.464 e. The number of carbonyl (C=O) groups excluding carboxylic acids is 1. The highest BCUT2D eigenvalue weighted by Gasteiger charge is 2.14. The third kappa shape index (κ3) is 14.1. The zero-order valence-corrected chi connectivity index (χ0v) is 13.7. The molecule has 0 saturated carbocycles. The van der Waals surface area contributed by atoms with Gasteiger partial charge in [0.15, 0.2) is 6.10 Å². The average Bonchev–Trinajstić information content (AvgIpc) is 2.50. The molecule has 0 amide bonds. The summed E-state index contributed by atoms with van der Waals surface area (Å²) in [5, 5.41) is 17.6. The van der Waals surface area contributed by atoms with Gasteiger partial charge in [0.1, 0.15) is 0 Å². The van der Waals surface area contributed by atoms with Gasteiger partial charge in [-0.1, -0.05) is 77.6 Å². The maximum Gasteiger partial charge on any atom is 0.337 e. The SMILES string of the molecule is CCCCCCCCCCCCCCOC(=O)C(O)CO. The molecule has 1 atom stereocenters. The third-order valence-corrected chi connectivity index (χ3v) is 3.69. The number of aliphatic hydroxyl groups is 2. The predicted octanol–water partition coefficient (Wildman–Crippen LogP) is 3.58. The summed E-state index contributed by atoms with van der Waals surface area (Å²) >= 11 is 0. The van der Waals surface area contributed by atoms with Crippen molar-refractivity contribution >= 4 is 5.97 Å². The first-order chi connectivity index (χ1) is 10.2. The lowest BCUT2D eigenvalue weighted by atomic mass is 10.1. The zero-order chi connectivity index (χ0) is 15.8. The highest BCUT2D eigenvalue weighted by molar-refractivity contribution is 5.74. The second-order valence-electron chi connectivity index (χ2n) is 5.75. The molecule has 4 heteroatoms. The molecule has 0 radical (unpaired) electrons. The number of hydrogen-bond donors (Lipinski definition) is 2. The van der Waals surface area contributed by atoms with Gasteiger partial charge in [0.2, 0.25) is 0 Å². The van der Waals surface area contributed by atoms with E-state index in [2.05, 4.69) is 6.92 Å². The summed E-state index contributed by atoms with van der Waals surface area (Å²) < 4.78 is 4.84. The van der Waals surface area contributed by atoms with Crippen LogP contribution in [0, 0.1) is 0 Å². The molecule has 0 rings (SSSR count). The van der Waals surface area contributed by atoms with E-state index in [1.54, 1.807) is 0 Å². The topological polar surface area (TPSA) is 66.8 Å². The normalized spacial score (nSPS) is 12.3. The quantitative estimate of drug-likeness (QED) is 0.358. The number of rotatable bonds is 15. The van der Waals surface area contributed by atoms with E-state index in [9.17, 15) is 4.79 Å². The molecule has 0 spiro atoms. The molecule has 21 heavy (non-hydrogen) atoms. The number of hydrogen-bond acceptors (Lipinski definition) is 4. The van der Waals surface area contributed by atoms with Crippen LogP contribution in [0.5, 0.6) is 0 Å². The Morgan fingerprint density at radius 2 is 1.29 bits per heavy atom. The number of esters is 1. The maximum absolute atomic E-state index is 11.0. The molecule has 0 aliphatic rings. The Labute approximate surface area is 129 Å². The van der Waals surface area contributed by atoms with Gasteiger partial charge in [-0.25, -0.2) is 4.79 Å². The van der Waals surface area contributed by atoms with Crippen molar-refractivity contribution in [3.05, 3.63) is 0 Å². The first-order valence-corrected chi connectivity index (χ1v) is 8.68. The Hall–Kier alpha value is -0.610. The lowest BCUT2D eigenvalue weighted by Crippen LogP contribution is -2.26. The molecule has 126 valence electrons. The van der Waals surface area contributed by atoms with Gasteiger partial charge in [0.25, 0.3) is 0 Å². The smallest absolute Gasteiger partial charge is 0.337 e. The van der Waals surface area contributed by atoms with Crippen LogP contribution in [0.2, 0.25) is 0 Å².